The number of piperidine rings is 1. The molecule has 1 N–H and O–H groups in total. The Labute approximate surface area is 104 Å². The zero-order valence-electron chi connectivity index (χ0n) is 11.1. The van der Waals surface area contributed by atoms with E-state index in [2.05, 4.69) is 37.4 Å². The summed E-state index contributed by atoms with van der Waals surface area (Å²) in [7, 11) is 1.76. The van der Waals surface area contributed by atoms with Gasteiger partial charge in [0.25, 0.3) is 0 Å². The van der Waals surface area contributed by atoms with Crippen LogP contribution in [0.3, 0.4) is 0 Å². The smallest absolute Gasteiger partial charge is 0.122 e. The number of methoxy groups -OCH3 is 1. The van der Waals surface area contributed by atoms with E-state index in [0.717, 1.165) is 24.6 Å². The van der Waals surface area contributed by atoms with E-state index in [0.29, 0.717) is 6.04 Å². The predicted molar refractivity (Wildman–Crippen MR) is 71.6 cm³/mol. The zero-order valence-corrected chi connectivity index (χ0v) is 11.1. The zero-order chi connectivity index (χ0) is 12.3. The van der Waals surface area contributed by atoms with Gasteiger partial charge in [-0.3, -0.25) is 0 Å². The fourth-order valence-corrected chi connectivity index (χ4v) is 2.69. The Morgan fingerprint density at radius 2 is 2.24 bits per heavy atom. The third kappa shape index (κ3) is 3.01. The second-order valence-electron chi connectivity index (χ2n) is 5.20. The van der Waals surface area contributed by atoms with Crippen LogP contribution in [0, 0.1) is 12.8 Å². The number of ether oxygens (including phenoxy) is 1. The van der Waals surface area contributed by atoms with E-state index >= 15 is 0 Å². The Hall–Kier alpha value is -1.02. The Bertz CT molecular complexity index is 375. The van der Waals surface area contributed by atoms with Gasteiger partial charge >= 0.3 is 0 Å². The summed E-state index contributed by atoms with van der Waals surface area (Å²) < 4.78 is 5.45. The van der Waals surface area contributed by atoms with Gasteiger partial charge < -0.3 is 10.1 Å². The lowest BCUT2D eigenvalue weighted by Gasteiger charge is -2.30. The number of hydrogen-bond acceptors (Lipinski definition) is 2. The largest absolute Gasteiger partial charge is 0.496 e. The van der Waals surface area contributed by atoms with E-state index in [-0.39, 0.29) is 0 Å². The number of nitrogens with one attached hydrogen (secondary N) is 1. The van der Waals surface area contributed by atoms with Crippen molar-refractivity contribution in [3.63, 3.8) is 0 Å². The molecule has 0 radical (unpaired) electrons. The lowest BCUT2D eigenvalue weighted by molar-refractivity contribution is 0.295. The molecule has 0 spiro atoms. The lowest BCUT2D eigenvalue weighted by atomic mass is 9.88. The average molecular weight is 233 g/mol. The monoisotopic (exact) mass is 233 g/mol. The molecule has 1 fully saturated rings. The van der Waals surface area contributed by atoms with Crippen molar-refractivity contribution in [2.24, 2.45) is 5.92 Å². The van der Waals surface area contributed by atoms with Gasteiger partial charge in [0.05, 0.1) is 7.11 Å². The molecule has 0 saturated carbocycles. The lowest BCUT2D eigenvalue weighted by Crippen LogP contribution is -2.41. The summed E-state index contributed by atoms with van der Waals surface area (Å²) in [5.74, 6) is 1.78. The van der Waals surface area contributed by atoms with Crippen molar-refractivity contribution < 1.29 is 4.74 Å². The van der Waals surface area contributed by atoms with Gasteiger partial charge in [0.2, 0.25) is 0 Å². The van der Waals surface area contributed by atoms with Gasteiger partial charge in [0.1, 0.15) is 5.75 Å². The van der Waals surface area contributed by atoms with Crippen LogP contribution in [0.5, 0.6) is 5.75 Å². The maximum absolute atomic E-state index is 5.45. The third-order valence-electron chi connectivity index (χ3n) is 3.81. The molecule has 2 nitrogen and oxygen atoms in total. The van der Waals surface area contributed by atoms with Crippen LogP contribution in [-0.4, -0.2) is 19.7 Å². The van der Waals surface area contributed by atoms with E-state index in [1.54, 1.807) is 7.11 Å². The van der Waals surface area contributed by atoms with Gasteiger partial charge in [-0.15, -0.1) is 0 Å². The first-order chi connectivity index (χ1) is 8.20. The van der Waals surface area contributed by atoms with Gasteiger partial charge in [-0.05, 0) is 50.3 Å². The molecule has 1 aromatic rings. The summed E-state index contributed by atoms with van der Waals surface area (Å²) in [6.45, 7) is 5.64. The van der Waals surface area contributed by atoms with E-state index in [1.165, 1.54) is 24.0 Å². The molecular weight excluding hydrogens is 210 g/mol. The minimum Gasteiger partial charge on any atom is -0.496 e. The molecule has 1 aliphatic rings. The highest BCUT2D eigenvalue weighted by molar-refractivity contribution is 5.37. The molecule has 0 amide bonds. The fourth-order valence-electron chi connectivity index (χ4n) is 2.69. The van der Waals surface area contributed by atoms with E-state index in [9.17, 15) is 0 Å². The molecule has 1 aliphatic heterocycles. The van der Waals surface area contributed by atoms with E-state index in [4.69, 9.17) is 4.74 Å². The number of rotatable bonds is 3. The number of benzene rings is 1. The van der Waals surface area contributed by atoms with Crippen molar-refractivity contribution in [2.75, 3.05) is 13.7 Å². The Kier molecular flexibility index (Phi) is 4.06. The van der Waals surface area contributed by atoms with Crippen LogP contribution < -0.4 is 10.1 Å². The molecule has 2 unspecified atom stereocenters. The highest BCUT2D eigenvalue weighted by atomic mass is 16.5. The van der Waals surface area contributed by atoms with Crippen molar-refractivity contribution in [1.82, 2.24) is 5.32 Å². The van der Waals surface area contributed by atoms with Crippen molar-refractivity contribution in [3.8, 4) is 5.75 Å². The minimum absolute atomic E-state index is 0.597. The quantitative estimate of drug-likeness (QED) is 0.866. The molecule has 0 aliphatic carbocycles. The first kappa shape index (κ1) is 12.4. The Morgan fingerprint density at radius 3 is 2.94 bits per heavy atom. The first-order valence-corrected chi connectivity index (χ1v) is 6.57. The first-order valence-electron chi connectivity index (χ1n) is 6.57. The maximum atomic E-state index is 5.45. The molecule has 0 aromatic heterocycles. The van der Waals surface area contributed by atoms with Gasteiger partial charge in [0.15, 0.2) is 0 Å². The molecule has 2 rings (SSSR count). The summed E-state index contributed by atoms with van der Waals surface area (Å²) in [5.41, 5.74) is 2.64. The molecule has 1 saturated heterocycles. The molecule has 0 bridgehead atoms. The van der Waals surface area contributed by atoms with Crippen LogP contribution >= 0.6 is 0 Å². The van der Waals surface area contributed by atoms with Crippen LogP contribution in [0.25, 0.3) is 0 Å². The van der Waals surface area contributed by atoms with Crippen LogP contribution in [0.15, 0.2) is 18.2 Å². The number of hydrogen-bond donors (Lipinski definition) is 1. The van der Waals surface area contributed by atoms with Gasteiger partial charge in [-0.1, -0.05) is 24.6 Å². The highest BCUT2D eigenvalue weighted by Gasteiger charge is 2.22. The molecular formula is C15H23NO. The summed E-state index contributed by atoms with van der Waals surface area (Å²) in [5, 5.41) is 3.63. The van der Waals surface area contributed by atoms with Crippen LogP contribution in [-0.2, 0) is 6.42 Å². The van der Waals surface area contributed by atoms with Gasteiger partial charge in [-0.2, -0.15) is 0 Å². The van der Waals surface area contributed by atoms with Crippen molar-refractivity contribution in [3.05, 3.63) is 29.3 Å². The van der Waals surface area contributed by atoms with Crippen molar-refractivity contribution in [2.45, 2.75) is 39.2 Å². The normalized spacial score (nSPS) is 24.6. The van der Waals surface area contributed by atoms with Crippen molar-refractivity contribution >= 4 is 0 Å². The Morgan fingerprint density at radius 1 is 1.41 bits per heavy atom. The number of aryl methyl sites for hydroxylation is 1. The summed E-state index contributed by atoms with van der Waals surface area (Å²) in [6.07, 6.45) is 3.72. The molecule has 2 heteroatoms. The SMILES string of the molecule is COc1ccc(C)cc1CC1NCCCC1C. The van der Waals surface area contributed by atoms with Crippen LogP contribution in [0.4, 0.5) is 0 Å². The third-order valence-corrected chi connectivity index (χ3v) is 3.81. The van der Waals surface area contributed by atoms with Gasteiger partial charge in [0, 0.05) is 6.04 Å². The summed E-state index contributed by atoms with van der Waals surface area (Å²) in [4.78, 5) is 0. The molecule has 2 atom stereocenters. The highest BCUT2D eigenvalue weighted by Crippen LogP contribution is 2.25. The van der Waals surface area contributed by atoms with E-state index < -0.39 is 0 Å². The average Bonchev–Trinajstić information content (AvgIpc) is 2.32. The second kappa shape index (κ2) is 5.54. The molecule has 94 valence electrons. The molecule has 17 heavy (non-hydrogen) atoms. The van der Waals surface area contributed by atoms with Gasteiger partial charge in [-0.25, -0.2) is 0 Å². The second-order valence-corrected chi connectivity index (χ2v) is 5.20. The van der Waals surface area contributed by atoms with Crippen LogP contribution in [0.2, 0.25) is 0 Å². The van der Waals surface area contributed by atoms with E-state index in [1.807, 2.05) is 0 Å². The Balaban J connectivity index is 2.13. The molecule has 1 heterocycles. The fraction of sp³-hybridized carbons (Fsp3) is 0.600. The maximum Gasteiger partial charge on any atom is 0.122 e. The predicted octanol–water partition coefficient (Wildman–Crippen LogP) is 2.93. The van der Waals surface area contributed by atoms with Crippen molar-refractivity contribution in [1.29, 1.82) is 0 Å². The molecule has 1 aromatic carbocycles. The standard InChI is InChI=1S/C15H23NO/c1-11-6-7-15(17-3)13(9-11)10-14-12(2)5-4-8-16-14/h6-7,9,12,14,16H,4-5,8,10H2,1-3H3. The summed E-state index contributed by atoms with van der Waals surface area (Å²) >= 11 is 0. The minimum atomic E-state index is 0.597. The van der Waals surface area contributed by atoms with Crippen LogP contribution in [0.1, 0.15) is 30.9 Å². The topological polar surface area (TPSA) is 21.3 Å². The summed E-state index contributed by atoms with van der Waals surface area (Å²) in [6, 6.07) is 7.04.